The van der Waals surface area contributed by atoms with Gasteiger partial charge in [-0.3, -0.25) is 9.98 Å². The maximum Gasteiger partial charge on any atom is 0.127 e. The highest BCUT2D eigenvalue weighted by molar-refractivity contribution is 5.85. The van der Waals surface area contributed by atoms with Crippen LogP contribution in [0.15, 0.2) is 34.3 Å². The van der Waals surface area contributed by atoms with E-state index in [2.05, 4.69) is 79.7 Å². The number of phenols is 2. The van der Waals surface area contributed by atoms with E-state index < -0.39 is 0 Å². The number of benzene rings is 2. The molecule has 3 rings (SSSR count). The predicted octanol–water partition coefficient (Wildman–Crippen LogP) is 8.74. The molecule has 220 valence electrons. The Morgan fingerprint density at radius 2 is 0.900 bits per heavy atom. The Bertz CT molecular complexity index is 1060. The second-order valence-corrected chi connectivity index (χ2v) is 13.8. The van der Waals surface area contributed by atoms with Crippen LogP contribution in [0.4, 0.5) is 0 Å². The summed E-state index contributed by atoms with van der Waals surface area (Å²) in [6, 6.07) is 9.11. The molecule has 1 aliphatic rings. The first kappa shape index (κ1) is 31.9. The van der Waals surface area contributed by atoms with E-state index in [0.29, 0.717) is 35.2 Å². The van der Waals surface area contributed by atoms with Gasteiger partial charge in [-0.2, -0.15) is 0 Å². The van der Waals surface area contributed by atoms with Crippen molar-refractivity contribution in [2.45, 2.75) is 119 Å². The van der Waals surface area contributed by atoms with Crippen molar-refractivity contribution in [1.82, 2.24) is 0 Å². The van der Waals surface area contributed by atoms with Crippen molar-refractivity contribution in [3.63, 3.8) is 0 Å². The minimum atomic E-state index is 0.258. The van der Waals surface area contributed by atoms with Gasteiger partial charge in [-0.25, -0.2) is 0 Å². The fourth-order valence-electron chi connectivity index (χ4n) is 5.87. The molecule has 2 aromatic rings. The van der Waals surface area contributed by atoms with Crippen molar-refractivity contribution >= 4 is 12.4 Å². The summed E-state index contributed by atoms with van der Waals surface area (Å²) in [7, 11) is 0. The number of aromatic hydroxyl groups is 2. The fourth-order valence-corrected chi connectivity index (χ4v) is 5.87. The lowest BCUT2D eigenvalue weighted by atomic mass is 9.91. The molecule has 2 aromatic carbocycles. The Hall–Kier alpha value is -2.62. The van der Waals surface area contributed by atoms with Crippen LogP contribution in [0.5, 0.6) is 11.5 Å². The molecule has 0 aliphatic heterocycles. The number of rotatable bonds is 12. The molecule has 1 saturated carbocycles. The van der Waals surface area contributed by atoms with Gasteiger partial charge in [0, 0.05) is 23.6 Å². The third-order valence-corrected chi connectivity index (χ3v) is 7.62. The van der Waals surface area contributed by atoms with E-state index in [-0.39, 0.29) is 12.1 Å². The van der Waals surface area contributed by atoms with E-state index in [1.807, 2.05) is 12.4 Å². The van der Waals surface area contributed by atoms with Crippen molar-refractivity contribution < 1.29 is 10.2 Å². The van der Waals surface area contributed by atoms with Gasteiger partial charge in [-0.15, -0.1) is 0 Å². The lowest BCUT2D eigenvalue weighted by molar-refractivity contribution is 0.399. The van der Waals surface area contributed by atoms with Crippen LogP contribution in [-0.2, 0) is 25.7 Å². The second-order valence-electron chi connectivity index (χ2n) is 13.8. The molecule has 2 N–H and O–H groups in total. The maximum absolute atomic E-state index is 11.0. The molecular formula is C36H54N2O2. The van der Waals surface area contributed by atoms with Gasteiger partial charge in [0.15, 0.2) is 0 Å². The van der Waals surface area contributed by atoms with Crippen molar-refractivity contribution in [2.75, 3.05) is 0 Å². The average Bonchev–Trinajstić information content (AvgIpc) is 2.85. The summed E-state index contributed by atoms with van der Waals surface area (Å²) < 4.78 is 0. The van der Waals surface area contributed by atoms with Crippen molar-refractivity contribution in [2.24, 2.45) is 33.7 Å². The van der Waals surface area contributed by atoms with Crippen LogP contribution >= 0.6 is 0 Å². The minimum absolute atomic E-state index is 0.258. The van der Waals surface area contributed by atoms with E-state index >= 15 is 0 Å². The zero-order valence-electron chi connectivity index (χ0n) is 26.4. The Morgan fingerprint density at radius 3 is 1.20 bits per heavy atom. The fraction of sp³-hybridized carbons (Fsp3) is 0.611. The molecule has 0 radical (unpaired) electrons. The molecule has 1 aliphatic carbocycles. The lowest BCUT2D eigenvalue weighted by Crippen LogP contribution is -2.20. The number of aliphatic imine (C=N–C) groups is 2. The summed E-state index contributed by atoms with van der Waals surface area (Å²) in [5.74, 6) is 2.89. The largest absolute Gasteiger partial charge is 0.507 e. The van der Waals surface area contributed by atoms with Gasteiger partial charge in [-0.05, 0) is 109 Å². The van der Waals surface area contributed by atoms with Gasteiger partial charge in [0.2, 0.25) is 0 Å². The number of hydrogen-bond acceptors (Lipinski definition) is 4. The van der Waals surface area contributed by atoms with E-state index in [4.69, 9.17) is 9.98 Å². The standard InChI is InChI=1S/C36H54N2O2/c1-23(2)13-27-17-29(15-25(5)6)35(39)31(19-27)21-37-33-9-11-34(12-10-33)38-22-32-20-28(14-24(3)4)18-30(36(32)40)16-26(7)8/h17-26,33-34,39-40H,9-16H2,1-8H3. The molecule has 0 unspecified atom stereocenters. The quantitative estimate of drug-likeness (QED) is 0.261. The van der Waals surface area contributed by atoms with Crippen LogP contribution < -0.4 is 0 Å². The maximum atomic E-state index is 11.0. The van der Waals surface area contributed by atoms with Gasteiger partial charge in [-0.1, -0.05) is 67.5 Å². The van der Waals surface area contributed by atoms with Gasteiger partial charge in [0.1, 0.15) is 11.5 Å². The highest BCUT2D eigenvalue weighted by Crippen LogP contribution is 2.30. The highest BCUT2D eigenvalue weighted by Gasteiger charge is 2.20. The molecule has 0 heterocycles. The van der Waals surface area contributed by atoms with Crippen LogP contribution in [0.2, 0.25) is 0 Å². The smallest absolute Gasteiger partial charge is 0.127 e. The lowest BCUT2D eigenvalue weighted by Gasteiger charge is -2.23. The first-order chi connectivity index (χ1) is 18.9. The molecule has 0 atom stereocenters. The molecule has 1 fully saturated rings. The zero-order chi connectivity index (χ0) is 29.4. The van der Waals surface area contributed by atoms with Crippen LogP contribution in [0, 0.1) is 23.7 Å². The number of phenolic OH excluding ortho intramolecular Hbond substituents is 2. The van der Waals surface area contributed by atoms with E-state index in [1.54, 1.807) is 0 Å². The summed E-state index contributed by atoms with van der Waals surface area (Å²) in [4.78, 5) is 9.85. The summed E-state index contributed by atoms with van der Waals surface area (Å²) in [6.45, 7) is 17.7. The van der Waals surface area contributed by atoms with Gasteiger partial charge in [0.25, 0.3) is 0 Å². The van der Waals surface area contributed by atoms with Gasteiger partial charge < -0.3 is 10.2 Å². The van der Waals surface area contributed by atoms with Crippen LogP contribution in [0.1, 0.15) is 114 Å². The van der Waals surface area contributed by atoms with Crippen LogP contribution in [-0.4, -0.2) is 34.7 Å². The average molecular weight is 547 g/mol. The highest BCUT2D eigenvalue weighted by atomic mass is 16.3. The predicted molar refractivity (Wildman–Crippen MR) is 172 cm³/mol. The Kier molecular flexibility index (Phi) is 11.8. The molecule has 4 heteroatoms. The monoisotopic (exact) mass is 546 g/mol. The van der Waals surface area contributed by atoms with Crippen molar-refractivity contribution in [1.29, 1.82) is 0 Å². The van der Waals surface area contributed by atoms with Gasteiger partial charge in [0.05, 0.1) is 12.1 Å². The van der Waals surface area contributed by atoms with Crippen molar-refractivity contribution in [3.05, 3.63) is 57.6 Å². The Morgan fingerprint density at radius 1 is 0.575 bits per heavy atom. The Balaban J connectivity index is 1.68. The molecule has 0 saturated heterocycles. The second kappa shape index (κ2) is 14.8. The summed E-state index contributed by atoms with van der Waals surface area (Å²) >= 11 is 0. The summed E-state index contributed by atoms with van der Waals surface area (Å²) in [5.41, 5.74) is 6.32. The first-order valence-corrected chi connectivity index (χ1v) is 15.7. The van der Waals surface area contributed by atoms with Crippen LogP contribution in [0.3, 0.4) is 0 Å². The van der Waals surface area contributed by atoms with Crippen molar-refractivity contribution in [3.8, 4) is 11.5 Å². The normalized spacial score (nSPS) is 18.4. The third-order valence-electron chi connectivity index (χ3n) is 7.62. The van der Waals surface area contributed by atoms with Gasteiger partial charge >= 0.3 is 0 Å². The van der Waals surface area contributed by atoms with Crippen LogP contribution in [0.25, 0.3) is 0 Å². The zero-order valence-corrected chi connectivity index (χ0v) is 26.4. The molecule has 0 spiro atoms. The minimum Gasteiger partial charge on any atom is -0.507 e. The molecule has 4 nitrogen and oxygen atoms in total. The number of hydrogen-bond donors (Lipinski definition) is 2. The molecule has 0 aromatic heterocycles. The summed E-state index contributed by atoms with van der Waals surface area (Å²) in [6.07, 6.45) is 11.5. The summed E-state index contributed by atoms with van der Waals surface area (Å²) in [5, 5.41) is 21.9. The molecule has 0 amide bonds. The van der Waals surface area contributed by atoms with E-state index in [0.717, 1.165) is 73.6 Å². The molecular weight excluding hydrogens is 492 g/mol. The first-order valence-electron chi connectivity index (χ1n) is 15.7. The molecule has 40 heavy (non-hydrogen) atoms. The topological polar surface area (TPSA) is 65.2 Å². The third kappa shape index (κ3) is 9.78. The SMILES string of the molecule is CC(C)Cc1cc(C=NC2CCC(N=Cc3cc(CC(C)C)cc(CC(C)C)c3O)CC2)c(O)c(CC(C)C)c1. The Labute approximate surface area is 244 Å². The van der Waals surface area contributed by atoms with E-state index in [1.165, 1.54) is 11.1 Å². The molecule has 0 bridgehead atoms. The van der Waals surface area contributed by atoms with E-state index in [9.17, 15) is 10.2 Å². The number of nitrogens with zero attached hydrogens (tertiary/aromatic N) is 2.